The molecule has 2 aliphatic heterocycles. The van der Waals surface area contributed by atoms with Gasteiger partial charge in [0.25, 0.3) is 11.1 Å². The molecule has 0 saturated heterocycles. The van der Waals surface area contributed by atoms with Gasteiger partial charge in [0, 0.05) is 30.8 Å². The molecule has 0 spiro atoms. The van der Waals surface area contributed by atoms with Crippen molar-refractivity contribution in [3.63, 3.8) is 0 Å². The Morgan fingerprint density at radius 1 is 0.773 bits per heavy atom. The second-order valence-electron chi connectivity index (χ2n) is 12.1. The molecule has 6 rings (SSSR count). The summed E-state index contributed by atoms with van der Waals surface area (Å²) in [6.45, 7) is 7.97. The van der Waals surface area contributed by atoms with E-state index in [0.717, 1.165) is 5.57 Å². The lowest BCUT2D eigenvalue weighted by atomic mass is 9.68. The zero-order valence-corrected chi connectivity index (χ0v) is 26.8. The van der Waals surface area contributed by atoms with Gasteiger partial charge < -0.3 is 37.6 Å². The maximum atomic E-state index is 14.4. The maximum Gasteiger partial charge on any atom is 0.261 e. The Morgan fingerprint density at radius 2 is 1.27 bits per heavy atom. The van der Waals surface area contributed by atoms with E-state index in [1.807, 2.05) is 39.8 Å². The first-order valence-corrected chi connectivity index (χ1v) is 14.5. The Kier molecular flexibility index (Phi) is 6.86. The van der Waals surface area contributed by atoms with Crippen molar-refractivity contribution < 1.29 is 28.4 Å². The van der Waals surface area contributed by atoms with E-state index >= 15 is 0 Å². The Hall–Kier alpha value is -4.60. The fourth-order valence-electron chi connectivity index (χ4n) is 7.17. The number of hydrogen-bond donors (Lipinski definition) is 0. The number of aromatic nitrogens is 2. The van der Waals surface area contributed by atoms with Crippen LogP contribution in [-0.4, -0.2) is 43.2 Å². The number of ether oxygens (including phenoxy) is 6. The monoisotopic (exact) mass is 602 g/mol. The lowest BCUT2D eigenvalue weighted by molar-refractivity contribution is -0.0595. The lowest BCUT2D eigenvalue weighted by Gasteiger charge is -2.50. The molecule has 44 heavy (non-hydrogen) atoms. The van der Waals surface area contributed by atoms with Gasteiger partial charge in [-0.05, 0) is 52.0 Å². The van der Waals surface area contributed by atoms with E-state index in [9.17, 15) is 9.59 Å². The number of methoxy groups -OCH3 is 4. The van der Waals surface area contributed by atoms with Crippen LogP contribution in [-0.2, 0) is 14.1 Å². The highest BCUT2D eigenvalue weighted by Gasteiger charge is 2.55. The third-order valence-corrected chi connectivity index (χ3v) is 9.01. The average Bonchev–Trinajstić information content (AvgIpc) is 2.99. The van der Waals surface area contributed by atoms with Gasteiger partial charge in [-0.25, -0.2) is 0 Å². The highest BCUT2D eigenvalue weighted by molar-refractivity contribution is 5.95. The van der Waals surface area contributed by atoms with Crippen molar-refractivity contribution in [2.45, 2.75) is 45.3 Å². The molecule has 4 aromatic rings. The van der Waals surface area contributed by atoms with E-state index in [0.29, 0.717) is 67.4 Å². The zero-order chi connectivity index (χ0) is 31.8. The van der Waals surface area contributed by atoms with E-state index in [1.165, 1.54) is 0 Å². The van der Waals surface area contributed by atoms with Crippen molar-refractivity contribution in [1.29, 1.82) is 0 Å². The fraction of sp³-hybridized carbons (Fsp3) is 0.412. The van der Waals surface area contributed by atoms with Gasteiger partial charge in [0.15, 0.2) is 23.0 Å². The van der Waals surface area contributed by atoms with Crippen LogP contribution in [0.4, 0.5) is 0 Å². The number of allylic oxidation sites excluding steroid dienone is 2. The summed E-state index contributed by atoms with van der Waals surface area (Å²) in [5.74, 6) is 1.88. The average molecular weight is 603 g/mol. The van der Waals surface area contributed by atoms with Crippen molar-refractivity contribution in [3.8, 4) is 34.5 Å². The molecular weight excluding hydrogens is 564 g/mol. The largest absolute Gasteiger partial charge is 0.493 e. The minimum Gasteiger partial charge on any atom is -0.493 e. The second-order valence-corrected chi connectivity index (χ2v) is 12.1. The number of nitrogens with zero attached hydrogens (tertiary/aromatic N) is 2. The van der Waals surface area contributed by atoms with E-state index in [2.05, 4.69) is 6.08 Å². The molecule has 0 amide bonds. The normalized spacial score (nSPS) is 19.6. The van der Waals surface area contributed by atoms with E-state index in [4.69, 9.17) is 28.4 Å². The SMILES string of the molecule is COc1ccc2c3c(c(=O)n(C)c2c1OC)C(C=C(C)C)C1C(O3)c2c(c3ccc(OC)c(OC)c3n(C)c2=O)OC1(C)C. The Bertz CT molecular complexity index is 2000. The Morgan fingerprint density at radius 3 is 1.75 bits per heavy atom. The van der Waals surface area contributed by atoms with Gasteiger partial charge in [0.05, 0.1) is 39.9 Å². The summed E-state index contributed by atoms with van der Waals surface area (Å²) in [5, 5.41) is 1.37. The van der Waals surface area contributed by atoms with Crippen LogP contribution >= 0.6 is 0 Å². The molecule has 4 heterocycles. The van der Waals surface area contributed by atoms with Crippen LogP contribution in [0.5, 0.6) is 34.5 Å². The summed E-state index contributed by atoms with van der Waals surface area (Å²) in [7, 11) is 9.62. The number of hydrogen-bond acceptors (Lipinski definition) is 8. The molecular formula is C34H38N2O8. The Labute approximate surface area is 255 Å². The van der Waals surface area contributed by atoms with Crippen LogP contribution in [0.1, 0.15) is 50.8 Å². The summed E-state index contributed by atoms with van der Waals surface area (Å²) >= 11 is 0. The van der Waals surface area contributed by atoms with Crippen LogP contribution in [0.25, 0.3) is 21.8 Å². The molecule has 3 atom stereocenters. The van der Waals surface area contributed by atoms with E-state index < -0.39 is 23.5 Å². The molecule has 2 aromatic carbocycles. The number of pyridine rings is 2. The summed E-state index contributed by atoms with van der Waals surface area (Å²) in [6, 6.07) is 7.34. The minimum absolute atomic E-state index is 0.218. The first-order valence-electron chi connectivity index (χ1n) is 14.5. The van der Waals surface area contributed by atoms with Crippen molar-refractivity contribution in [3.05, 3.63) is 67.7 Å². The first-order chi connectivity index (χ1) is 20.9. The molecule has 0 N–H and O–H groups in total. The second kappa shape index (κ2) is 10.2. The summed E-state index contributed by atoms with van der Waals surface area (Å²) < 4.78 is 39.4. The fourth-order valence-corrected chi connectivity index (χ4v) is 7.17. The minimum atomic E-state index is -0.851. The van der Waals surface area contributed by atoms with Crippen LogP contribution in [0.2, 0.25) is 0 Å². The number of aryl methyl sites for hydroxylation is 2. The van der Waals surface area contributed by atoms with Crippen molar-refractivity contribution >= 4 is 21.8 Å². The third kappa shape index (κ3) is 3.92. The van der Waals surface area contributed by atoms with Gasteiger partial charge >= 0.3 is 0 Å². The number of fused-ring (bicyclic) bond motifs is 8. The topological polar surface area (TPSA) is 99.4 Å². The van der Waals surface area contributed by atoms with Crippen molar-refractivity contribution in [1.82, 2.24) is 9.13 Å². The highest BCUT2D eigenvalue weighted by atomic mass is 16.5. The van der Waals surface area contributed by atoms with Crippen LogP contribution in [0, 0.1) is 5.92 Å². The molecule has 0 aliphatic carbocycles. The summed E-state index contributed by atoms with van der Waals surface area (Å²) in [6.07, 6.45) is 1.35. The van der Waals surface area contributed by atoms with Gasteiger partial charge in [-0.15, -0.1) is 0 Å². The van der Waals surface area contributed by atoms with Crippen LogP contribution in [0.15, 0.2) is 45.5 Å². The Balaban J connectivity index is 1.75. The van der Waals surface area contributed by atoms with Crippen molar-refractivity contribution in [2.75, 3.05) is 28.4 Å². The maximum absolute atomic E-state index is 14.4. The van der Waals surface area contributed by atoms with E-state index in [1.54, 1.807) is 63.8 Å². The number of benzene rings is 2. The lowest BCUT2D eigenvalue weighted by Crippen LogP contribution is -2.53. The van der Waals surface area contributed by atoms with Crippen molar-refractivity contribution in [2.24, 2.45) is 20.0 Å². The number of rotatable bonds is 5. The summed E-state index contributed by atoms with van der Waals surface area (Å²) in [5.41, 5.74) is 1.68. The predicted octanol–water partition coefficient (Wildman–Crippen LogP) is 5.40. The molecule has 10 nitrogen and oxygen atoms in total. The smallest absolute Gasteiger partial charge is 0.261 e. The molecule has 0 fully saturated rings. The third-order valence-electron chi connectivity index (χ3n) is 9.01. The predicted molar refractivity (Wildman–Crippen MR) is 168 cm³/mol. The molecule has 232 valence electrons. The molecule has 0 bridgehead atoms. The van der Waals surface area contributed by atoms with Gasteiger partial charge in [0.1, 0.15) is 39.8 Å². The quantitative estimate of drug-likeness (QED) is 0.280. The van der Waals surface area contributed by atoms with Crippen LogP contribution < -0.4 is 39.5 Å². The molecule has 2 aromatic heterocycles. The molecule has 0 saturated carbocycles. The molecule has 0 radical (unpaired) electrons. The molecule has 2 aliphatic rings. The zero-order valence-electron chi connectivity index (χ0n) is 26.8. The van der Waals surface area contributed by atoms with Crippen LogP contribution in [0.3, 0.4) is 0 Å². The van der Waals surface area contributed by atoms with Gasteiger partial charge in [-0.3, -0.25) is 9.59 Å². The van der Waals surface area contributed by atoms with E-state index in [-0.39, 0.29) is 11.1 Å². The highest BCUT2D eigenvalue weighted by Crippen LogP contribution is 2.58. The van der Waals surface area contributed by atoms with Gasteiger partial charge in [-0.2, -0.15) is 0 Å². The summed E-state index contributed by atoms with van der Waals surface area (Å²) in [4.78, 5) is 28.6. The molecule has 10 heteroatoms. The standard InChI is InChI=1S/C34H38N2O8/c1-16(2)15-19-22-27(17-11-13-20(39-7)29(41-9)25(17)35(5)32(22)37)43-31-23-28(44-34(3,4)24(19)31)18-12-14-21(40-8)30(42-10)26(18)36(6)33(23)38/h11-15,19,24,31H,1-10H3. The van der Waals surface area contributed by atoms with Gasteiger partial charge in [-0.1, -0.05) is 11.6 Å². The van der Waals surface area contributed by atoms with Gasteiger partial charge in [0.2, 0.25) is 0 Å². The molecule has 3 unspecified atom stereocenters. The first kappa shape index (κ1) is 29.5.